The highest BCUT2D eigenvalue weighted by Crippen LogP contribution is 2.34. The van der Waals surface area contributed by atoms with Crippen LogP contribution in [-0.4, -0.2) is 14.7 Å². The minimum absolute atomic E-state index is 0.709. The third kappa shape index (κ3) is 3.18. The van der Waals surface area contributed by atoms with Crippen LogP contribution in [0.25, 0.3) is 0 Å². The largest absolute Gasteiger partial charge is 0.521 e. The fourth-order valence-corrected chi connectivity index (χ4v) is 3.04. The highest BCUT2D eigenvalue weighted by atomic mass is 32.5. The lowest BCUT2D eigenvalue weighted by Crippen LogP contribution is -1.87. The van der Waals surface area contributed by atoms with Crippen LogP contribution in [0.3, 0.4) is 0 Å². The van der Waals surface area contributed by atoms with Crippen LogP contribution in [0.4, 0.5) is 0 Å². The Morgan fingerprint density at radius 1 is 1.15 bits per heavy atom. The molecule has 13 heavy (non-hydrogen) atoms. The van der Waals surface area contributed by atoms with Gasteiger partial charge in [-0.2, -0.15) is 0 Å². The second-order valence-electron chi connectivity index (χ2n) is 2.80. The molecule has 0 bridgehead atoms. The van der Waals surface area contributed by atoms with Crippen molar-refractivity contribution < 1.29 is 14.7 Å². The van der Waals surface area contributed by atoms with Crippen molar-refractivity contribution in [1.29, 1.82) is 0 Å². The van der Waals surface area contributed by atoms with E-state index < -0.39 is 6.72 Å². The molecule has 0 unspecified atom stereocenters. The second kappa shape index (κ2) is 3.86. The third-order valence-electron chi connectivity index (χ3n) is 1.78. The maximum Gasteiger partial charge on any atom is 0.521 e. The molecule has 5 heteroatoms. The van der Waals surface area contributed by atoms with Crippen molar-refractivity contribution in [3.63, 3.8) is 0 Å². The van der Waals surface area contributed by atoms with E-state index in [1.807, 2.05) is 26.0 Å². The van der Waals surface area contributed by atoms with Gasteiger partial charge in [-0.1, -0.05) is 12.1 Å². The molecule has 0 saturated carbocycles. The van der Waals surface area contributed by atoms with Gasteiger partial charge in [0.25, 0.3) is 10.9 Å². The van der Waals surface area contributed by atoms with Gasteiger partial charge in [-0.05, 0) is 19.4 Å². The molecule has 0 aliphatic rings. The first-order valence-corrected chi connectivity index (χ1v) is 6.80. The number of rotatable bonds is 1. The molecule has 0 atom stereocenters. The molecule has 0 aliphatic heterocycles. The molecule has 0 aromatic heterocycles. The molecule has 0 fully saturated rings. The summed E-state index contributed by atoms with van der Waals surface area (Å²) in [5.41, 5.74) is 2.03. The maximum absolute atomic E-state index is 8.87. The van der Waals surface area contributed by atoms with Gasteiger partial charge < -0.3 is 0 Å². The van der Waals surface area contributed by atoms with E-state index in [-0.39, 0.29) is 0 Å². The SMILES string of the molecule is Cc1cccc([S+]=P(O)(O)O)c1C. The van der Waals surface area contributed by atoms with Gasteiger partial charge in [0.05, 0.1) is 0 Å². The van der Waals surface area contributed by atoms with E-state index >= 15 is 0 Å². The zero-order valence-corrected chi connectivity index (χ0v) is 9.14. The Labute approximate surface area is 80.9 Å². The Hall–Kier alpha value is -0.250. The first-order valence-electron chi connectivity index (χ1n) is 3.73. The highest BCUT2D eigenvalue weighted by Gasteiger charge is 2.22. The first-order chi connectivity index (χ1) is 5.90. The average molecular weight is 219 g/mol. The molecule has 0 heterocycles. The topological polar surface area (TPSA) is 60.7 Å². The quantitative estimate of drug-likeness (QED) is 0.494. The number of aryl methyl sites for hydroxylation is 1. The molecule has 72 valence electrons. The van der Waals surface area contributed by atoms with Crippen molar-refractivity contribution in [2.24, 2.45) is 0 Å². The molecule has 1 aromatic carbocycles. The molecular formula is C8H12O3PS+. The van der Waals surface area contributed by atoms with Crippen LogP contribution in [0, 0.1) is 13.8 Å². The Kier molecular flexibility index (Phi) is 3.22. The molecule has 0 amide bonds. The molecule has 0 spiro atoms. The van der Waals surface area contributed by atoms with Crippen LogP contribution >= 0.6 is 6.72 Å². The Morgan fingerprint density at radius 3 is 2.31 bits per heavy atom. The van der Waals surface area contributed by atoms with Gasteiger partial charge in [0.1, 0.15) is 0 Å². The van der Waals surface area contributed by atoms with Crippen molar-refractivity contribution in [2.75, 3.05) is 0 Å². The zero-order chi connectivity index (χ0) is 10.1. The summed E-state index contributed by atoms with van der Waals surface area (Å²) in [7, 11) is 0.719. The highest BCUT2D eigenvalue weighted by molar-refractivity contribution is 8.16. The Bertz CT molecular complexity index is 361. The van der Waals surface area contributed by atoms with Gasteiger partial charge in [-0.3, -0.25) is 14.7 Å². The van der Waals surface area contributed by atoms with E-state index in [4.69, 9.17) is 14.7 Å². The van der Waals surface area contributed by atoms with Gasteiger partial charge in [-0.25, -0.2) is 0 Å². The minimum atomic E-state index is -3.77. The lowest BCUT2D eigenvalue weighted by Gasteiger charge is -1.96. The standard InChI is InChI=1S/C8H12O3PS/c1-6-4-3-5-8(7(6)2)13-12(9,10)11/h3-5,9-11H,1-2H3/q+1. The number of benzene rings is 1. The predicted octanol–water partition coefficient (Wildman–Crippen LogP) is 1.40. The first kappa shape index (κ1) is 10.8. The van der Waals surface area contributed by atoms with Crippen molar-refractivity contribution in [2.45, 2.75) is 18.7 Å². The van der Waals surface area contributed by atoms with E-state index in [2.05, 4.69) is 0 Å². The molecule has 3 N–H and O–H groups in total. The summed E-state index contributed by atoms with van der Waals surface area (Å²) in [5, 5.41) is 0. The van der Waals surface area contributed by atoms with Crippen molar-refractivity contribution >= 4 is 17.7 Å². The summed E-state index contributed by atoms with van der Waals surface area (Å²) in [5.74, 6) is 0. The van der Waals surface area contributed by atoms with E-state index in [1.54, 1.807) is 6.07 Å². The number of hydrogen-bond acceptors (Lipinski definition) is 0. The molecule has 1 rings (SSSR count). The average Bonchev–Trinajstić information content (AvgIpc) is 1.96. The van der Waals surface area contributed by atoms with Crippen molar-refractivity contribution in [1.82, 2.24) is 0 Å². The fraction of sp³-hybridized carbons (Fsp3) is 0.250. The van der Waals surface area contributed by atoms with Gasteiger partial charge >= 0.3 is 6.72 Å². The number of hydrogen-bond donors (Lipinski definition) is 3. The van der Waals surface area contributed by atoms with E-state index in [9.17, 15) is 0 Å². The van der Waals surface area contributed by atoms with E-state index in [0.29, 0.717) is 4.90 Å². The van der Waals surface area contributed by atoms with E-state index in [0.717, 1.165) is 22.1 Å². The summed E-state index contributed by atoms with van der Waals surface area (Å²) < 4.78 is 0. The Balaban J connectivity index is 3.25. The summed E-state index contributed by atoms with van der Waals surface area (Å²) in [6.07, 6.45) is 0. The van der Waals surface area contributed by atoms with Gasteiger partial charge in [-0.15, -0.1) is 0 Å². The molecule has 3 nitrogen and oxygen atoms in total. The van der Waals surface area contributed by atoms with Gasteiger partial charge in [0.15, 0.2) is 0 Å². The summed E-state index contributed by atoms with van der Waals surface area (Å²) in [6.45, 7) is 0.0507. The second-order valence-corrected chi connectivity index (χ2v) is 6.47. The van der Waals surface area contributed by atoms with Gasteiger partial charge in [0, 0.05) is 11.6 Å². The van der Waals surface area contributed by atoms with Crippen molar-refractivity contribution in [3.8, 4) is 0 Å². The van der Waals surface area contributed by atoms with Crippen LogP contribution in [0.1, 0.15) is 11.1 Å². The molecule has 0 radical (unpaired) electrons. The van der Waals surface area contributed by atoms with Gasteiger partial charge in [0.2, 0.25) is 4.90 Å². The van der Waals surface area contributed by atoms with Crippen LogP contribution in [-0.2, 0) is 10.9 Å². The lowest BCUT2D eigenvalue weighted by atomic mass is 10.1. The smallest absolute Gasteiger partial charge is 0.289 e. The molecular weight excluding hydrogens is 207 g/mol. The summed E-state index contributed by atoms with van der Waals surface area (Å²) in [6, 6.07) is 5.51. The molecule has 0 aliphatic carbocycles. The lowest BCUT2D eigenvalue weighted by molar-refractivity contribution is 0.363. The molecule has 1 aromatic rings. The molecule has 0 saturated heterocycles. The summed E-state index contributed by atoms with van der Waals surface area (Å²) >= 11 is 0. The van der Waals surface area contributed by atoms with E-state index in [1.165, 1.54) is 0 Å². The van der Waals surface area contributed by atoms with Crippen molar-refractivity contribution in [3.05, 3.63) is 29.3 Å². The zero-order valence-electron chi connectivity index (χ0n) is 7.43. The monoisotopic (exact) mass is 219 g/mol. The van der Waals surface area contributed by atoms with Crippen LogP contribution < -0.4 is 0 Å². The fourth-order valence-electron chi connectivity index (χ4n) is 0.955. The summed E-state index contributed by atoms with van der Waals surface area (Å²) in [4.78, 5) is 27.3. The Morgan fingerprint density at radius 2 is 1.77 bits per heavy atom. The van der Waals surface area contributed by atoms with Crippen LogP contribution in [0.2, 0.25) is 0 Å². The normalized spacial score (nSPS) is 11.5. The maximum atomic E-state index is 8.87. The van der Waals surface area contributed by atoms with Crippen LogP contribution in [0.15, 0.2) is 23.1 Å². The van der Waals surface area contributed by atoms with Crippen LogP contribution in [0.5, 0.6) is 0 Å². The predicted molar refractivity (Wildman–Crippen MR) is 55.1 cm³/mol. The third-order valence-corrected chi connectivity index (χ3v) is 3.98. The minimum Gasteiger partial charge on any atom is -0.289 e.